The molecule has 2 aromatic rings. The SMILES string of the molecule is CCc1ccc2ncn([C@H](CO)CCSC)c(=O)c2c1. The first-order chi connectivity index (χ1) is 9.71. The van der Waals surface area contributed by atoms with E-state index in [-0.39, 0.29) is 18.2 Å². The second-order valence-corrected chi connectivity index (χ2v) is 5.77. The summed E-state index contributed by atoms with van der Waals surface area (Å²) in [4.78, 5) is 16.9. The van der Waals surface area contributed by atoms with Gasteiger partial charge in [-0.15, -0.1) is 0 Å². The Morgan fingerprint density at radius 2 is 2.25 bits per heavy atom. The number of fused-ring (bicyclic) bond motifs is 1. The summed E-state index contributed by atoms with van der Waals surface area (Å²) in [5.41, 5.74) is 1.77. The first-order valence-corrected chi connectivity index (χ1v) is 8.20. The largest absolute Gasteiger partial charge is 0.394 e. The molecule has 1 aromatic carbocycles. The van der Waals surface area contributed by atoms with Crippen molar-refractivity contribution < 1.29 is 5.11 Å². The van der Waals surface area contributed by atoms with Crippen molar-refractivity contribution in [3.05, 3.63) is 40.4 Å². The Hall–Kier alpha value is -1.33. The summed E-state index contributed by atoms with van der Waals surface area (Å²) in [5, 5.41) is 10.1. The number of hydrogen-bond donors (Lipinski definition) is 1. The van der Waals surface area contributed by atoms with E-state index in [1.807, 2.05) is 24.5 Å². The number of nitrogens with zero attached hydrogens (tertiary/aromatic N) is 2. The van der Waals surface area contributed by atoms with Crippen LogP contribution < -0.4 is 5.56 Å². The number of thioether (sulfide) groups is 1. The van der Waals surface area contributed by atoms with E-state index in [9.17, 15) is 9.90 Å². The number of aliphatic hydroxyl groups is 1. The third-order valence-corrected chi connectivity index (χ3v) is 4.16. The first-order valence-electron chi connectivity index (χ1n) is 6.80. The number of rotatable bonds is 6. The van der Waals surface area contributed by atoms with E-state index >= 15 is 0 Å². The lowest BCUT2D eigenvalue weighted by atomic mass is 10.1. The third-order valence-electron chi connectivity index (χ3n) is 3.51. The lowest BCUT2D eigenvalue weighted by Crippen LogP contribution is -2.27. The van der Waals surface area contributed by atoms with Crippen LogP contribution >= 0.6 is 11.8 Å². The molecule has 4 nitrogen and oxygen atoms in total. The van der Waals surface area contributed by atoms with E-state index in [0.29, 0.717) is 10.9 Å². The monoisotopic (exact) mass is 292 g/mol. The third kappa shape index (κ3) is 3.04. The van der Waals surface area contributed by atoms with Crippen molar-refractivity contribution >= 4 is 22.7 Å². The molecule has 108 valence electrons. The van der Waals surface area contributed by atoms with Gasteiger partial charge in [0.2, 0.25) is 0 Å². The Labute approximate surface area is 122 Å². The van der Waals surface area contributed by atoms with Crippen LogP contribution in [0.2, 0.25) is 0 Å². The predicted octanol–water partition coefficient (Wildman–Crippen LogP) is 2.25. The number of benzene rings is 1. The minimum Gasteiger partial charge on any atom is -0.394 e. The van der Waals surface area contributed by atoms with Gasteiger partial charge in [0, 0.05) is 0 Å². The molecular formula is C15H20N2O2S. The highest BCUT2D eigenvalue weighted by molar-refractivity contribution is 7.98. The molecule has 1 N–H and O–H groups in total. The van der Waals surface area contributed by atoms with Gasteiger partial charge in [0.25, 0.3) is 5.56 Å². The summed E-state index contributed by atoms with van der Waals surface area (Å²) in [6.07, 6.45) is 5.22. The number of aromatic nitrogens is 2. The van der Waals surface area contributed by atoms with Gasteiger partial charge in [-0.1, -0.05) is 13.0 Å². The normalized spacial score (nSPS) is 12.8. The van der Waals surface area contributed by atoms with E-state index < -0.39 is 0 Å². The van der Waals surface area contributed by atoms with Crippen LogP contribution in [0.4, 0.5) is 0 Å². The Morgan fingerprint density at radius 1 is 1.45 bits per heavy atom. The summed E-state index contributed by atoms with van der Waals surface area (Å²) in [7, 11) is 0. The molecular weight excluding hydrogens is 272 g/mol. The highest BCUT2D eigenvalue weighted by Crippen LogP contribution is 2.15. The van der Waals surface area contributed by atoms with Gasteiger partial charge in [-0.05, 0) is 42.5 Å². The Balaban J connectivity index is 2.49. The summed E-state index contributed by atoms with van der Waals surface area (Å²) in [6.45, 7) is 2.02. The quantitative estimate of drug-likeness (QED) is 0.887. The Kier molecular flexibility index (Phi) is 5.20. The van der Waals surface area contributed by atoms with Gasteiger partial charge >= 0.3 is 0 Å². The molecule has 0 bridgehead atoms. The van der Waals surface area contributed by atoms with Crippen molar-refractivity contribution in [3.63, 3.8) is 0 Å². The molecule has 1 atom stereocenters. The molecule has 0 saturated heterocycles. The predicted molar refractivity (Wildman–Crippen MR) is 84.5 cm³/mol. The summed E-state index contributed by atoms with van der Waals surface area (Å²) >= 11 is 1.71. The van der Waals surface area contributed by atoms with Crippen molar-refractivity contribution in [1.29, 1.82) is 0 Å². The average Bonchev–Trinajstić information content (AvgIpc) is 2.49. The van der Waals surface area contributed by atoms with Gasteiger partial charge in [0.1, 0.15) is 0 Å². The van der Waals surface area contributed by atoms with Crippen LogP contribution in [0.15, 0.2) is 29.3 Å². The van der Waals surface area contributed by atoms with Crippen LogP contribution in [0.25, 0.3) is 10.9 Å². The van der Waals surface area contributed by atoms with Gasteiger partial charge in [-0.3, -0.25) is 9.36 Å². The molecule has 0 unspecified atom stereocenters. The number of hydrogen-bond acceptors (Lipinski definition) is 4. The summed E-state index contributed by atoms with van der Waals surface area (Å²) in [5.74, 6) is 0.907. The maximum atomic E-state index is 12.6. The standard InChI is InChI=1S/C15H20N2O2S/c1-3-11-4-5-14-13(8-11)15(19)17(10-16-14)12(9-18)6-7-20-2/h4-5,8,10,12,18H,3,6-7,9H2,1-2H3/t12-/m0/s1. The van der Waals surface area contributed by atoms with Gasteiger partial charge < -0.3 is 5.11 Å². The molecule has 0 spiro atoms. The molecule has 0 aliphatic rings. The van der Waals surface area contributed by atoms with Crippen molar-refractivity contribution in [1.82, 2.24) is 9.55 Å². The second kappa shape index (κ2) is 6.90. The van der Waals surface area contributed by atoms with E-state index in [2.05, 4.69) is 11.9 Å². The Bertz CT molecular complexity index is 639. The van der Waals surface area contributed by atoms with Crippen molar-refractivity contribution in [2.75, 3.05) is 18.6 Å². The van der Waals surface area contributed by atoms with Crippen LogP contribution in [0, 0.1) is 0 Å². The zero-order valence-electron chi connectivity index (χ0n) is 11.9. The fourth-order valence-corrected chi connectivity index (χ4v) is 2.74. The molecule has 1 aromatic heterocycles. The molecule has 0 fully saturated rings. The van der Waals surface area contributed by atoms with Gasteiger partial charge in [-0.2, -0.15) is 11.8 Å². The number of aryl methyl sites for hydroxylation is 1. The Morgan fingerprint density at radius 3 is 2.90 bits per heavy atom. The molecule has 0 aliphatic heterocycles. The summed E-state index contributed by atoms with van der Waals surface area (Å²) < 4.78 is 1.57. The highest BCUT2D eigenvalue weighted by Gasteiger charge is 2.13. The molecule has 0 aliphatic carbocycles. The van der Waals surface area contributed by atoms with E-state index in [4.69, 9.17) is 0 Å². The smallest absolute Gasteiger partial charge is 0.261 e. The molecule has 1 heterocycles. The zero-order chi connectivity index (χ0) is 14.5. The molecule has 20 heavy (non-hydrogen) atoms. The van der Waals surface area contributed by atoms with Gasteiger partial charge in [0.05, 0.1) is 29.9 Å². The summed E-state index contributed by atoms with van der Waals surface area (Å²) in [6, 6.07) is 5.59. The van der Waals surface area contributed by atoms with Crippen LogP contribution in [0.3, 0.4) is 0 Å². The van der Waals surface area contributed by atoms with E-state index in [1.54, 1.807) is 22.7 Å². The van der Waals surface area contributed by atoms with Crippen LogP contribution in [-0.4, -0.2) is 33.3 Å². The average molecular weight is 292 g/mol. The molecule has 0 radical (unpaired) electrons. The minimum absolute atomic E-state index is 0.0406. The van der Waals surface area contributed by atoms with Crippen molar-refractivity contribution in [2.24, 2.45) is 0 Å². The van der Waals surface area contributed by atoms with Gasteiger partial charge in [0.15, 0.2) is 0 Å². The van der Waals surface area contributed by atoms with Crippen LogP contribution in [0.1, 0.15) is 24.9 Å². The maximum Gasteiger partial charge on any atom is 0.261 e. The maximum absolute atomic E-state index is 12.6. The fourth-order valence-electron chi connectivity index (χ4n) is 2.24. The van der Waals surface area contributed by atoms with Crippen LogP contribution in [0.5, 0.6) is 0 Å². The molecule has 0 amide bonds. The van der Waals surface area contributed by atoms with E-state index in [0.717, 1.165) is 24.2 Å². The lowest BCUT2D eigenvalue weighted by molar-refractivity contribution is 0.222. The van der Waals surface area contributed by atoms with Crippen molar-refractivity contribution in [3.8, 4) is 0 Å². The highest BCUT2D eigenvalue weighted by atomic mass is 32.2. The number of aliphatic hydroxyl groups excluding tert-OH is 1. The van der Waals surface area contributed by atoms with Gasteiger partial charge in [-0.25, -0.2) is 4.98 Å². The van der Waals surface area contributed by atoms with E-state index in [1.165, 1.54) is 0 Å². The van der Waals surface area contributed by atoms with Crippen molar-refractivity contribution in [2.45, 2.75) is 25.8 Å². The first kappa shape index (κ1) is 15.1. The second-order valence-electron chi connectivity index (χ2n) is 4.78. The minimum atomic E-state index is -0.197. The topological polar surface area (TPSA) is 55.1 Å². The lowest BCUT2D eigenvalue weighted by Gasteiger charge is -2.17. The molecule has 2 rings (SSSR count). The molecule has 5 heteroatoms. The zero-order valence-corrected chi connectivity index (χ0v) is 12.7. The van der Waals surface area contributed by atoms with Crippen LogP contribution in [-0.2, 0) is 6.42 Å². The molecule has 0 saturated carbocycles. The fraction of sp³-hybridized carbons (Fsp3) is 0.467.